The summed E-state index contributed by atoms with van der Waals surface area (Å²) < 4.78 is 13.7. The van der Waals surface area contributed by atoms with E-state index >= 15 is 0 Å². The average Bonchev–Trinajstić information content (AvgIpc) is 3.62. The molecule has 0 spiro atoms. The molecule has 5 heterocycles. The number of hydrogen-bond acceptors (Lipinski definition) is 10. The van der Waals surface area contributed by atoms with E-state index in [2.05, 4.69) is 32.9 Å². The molecule has 11 nitrogen and oxygen atoms in total. The molecule has 1 atom stereocenters. The smallest absolute Gasteiger partial charge is 0.257 e. The van der Waals surface area contributed by atoms with Crippen LogP contribution in [0.3, 0.4) is 0 Å². The molecule has 0 unspecified atom stereocenters. The summed E-state index contributed by atoms with van der Waals surface area (Å²) >= 11 is 1.55. The molecule has 12 heteroatoms. The van der Waals surface area contributed by atoms with Crippen molar-refractivity contribution in [3.63, 3.8) is 0 Å². The number of likely N-dealkylation sites (N-methyl/N-ethyl adjacent to an activating group) is 1. The van der Waals surface area contributed by atoms with Gasteiger partial charge in [-0.15, -0.1) is 11.3 Å². The molecule has 1 saturated heterocycles. The number of thiazole rings is 1. The van der Waals surface area contributed by atoms with Crippen molar-refractivity contribution in [2.45, 2.75) is 38.4 Å². The lowest BCUT2D eigenvalue weighted by Gasteiger charge is -2.23. The summed E-state index contributed by atoms with van der Waals surface area (Å²) in [7, 11) is 3.76. The second-order valence-electron chi connectivity index (χ2n) is 11.5. The molecule has 2 aliphatic rings. The van der Waals surface area contributed by atoms with E-state index in [-0.39, 0.29) is 11.9 Å². The number of carbonyl (C=O) groups is 1. The lowest BCUT2D eigenvalue weighted by molar-refractivity contribution is 0.102. The van der Waals surface area contributed by atoms with Gasteiger partial charge in [0.15, 0.2) is 16.6 Å². The Hall–Kier alpha value is -4.52. The van der Waals surface area contributed by atoms with Crippen LogP contribution in [0, 0.1) is 0 Å². The Bertz CT molecular complexity index is 1800. The van der Waals surface area contributed by atoms with Gasteiger partial charge >= 0.3 is 0 Å². The second-order valence-corrected chi connectivity index (χ2v) is 12.6. The molecule has 1 amide bonds. The largest absolute Gasteiger partial charge is 0.497 e. The van der Waals surface area contributed by atoms with Crippen molar-refractivity contribution in [3.05, 3.63) is 82.5 Å². The molecule has 5 aromatic rings. The fraction of sp³-hybridized carbons (Fsp3) is 0.333. The lowest BCUT2D eigenvalue weighted by atomic mass is 10.1. The molecule has 0 aliphatic carbocycles. The van der Waals surface area contributed by atoms with Crippen LogP contribution in [0.1, 0.15) is 39.3 Å². The van der Waals surface area contributed by atoms with Crippen LogP contribution in [0.5, 0.6) is 17.2 Å². The third kappa shape index (κ3) is 6.48. The summed E-state index contributed by atoms with van der Waals surface area (Å²) in [6.45, 7) is 4.29. The maximum absolute atomic E-state index is 13.0. The van der Waals surface area contributed by atoms with E-state index in [4.69, 9.17) is 19.6 Å². The molecular weight excluding hydrogens is 588 g/mol. The van der Waals surface area contributed by atoms with Gasteiger partial charge in [0.05, 0.1) is 19.3 Å². The van der Waals surface area contributed by atoms with E-state index in [0.717, 1.165) is 79.3 Å². The zero-order valence-electron chi connectivity index (χ0n) is 25.4. The van der Waals surface area contributed by atoms with Crippen LogP contribution in [0.25, 0.3) is 11.0 Å². The number of fused-ring (bicyclic) bond motifs is 2. The van der Waals surface area contributed by atoms with Gasteiger partial charge in [-0.25, -0.2) is 14.6 Å². The fourth-order valence-electron chi connectivity index (χ4n) is 5.79. The topological polar surface area (TPSA) is 118 Å². The minimum absolute atomic E-state index is 0.195. The maximum Gasteiger partial charge on any atom is 0.257 e. The first kappa shape index (κ1) is 29.2. The minimum Gasteiger partial charge on any atom is -0.497 e. The SMILES string of the molecule is COc1ccc(Cn2nc(N[C@@H]3CCCNC3)c3c(Oc4ccc(C(=O)Nc5nc6c(s5)CN(C)CC6)cc4)ccnc32)cc1. The van der Waals surface area contributed by atoms with Gasteiger partial charge in [-0.05, 0) is 68.4 Å². The van der Waals surface area contributed by atoms with Crippen LogP contribution < -0.4 is 25.4 Å². The first-order chi connectivity index (χ1) is 22.0. The van der Waals surface area contributed by atoms with Gasteiger partial charge in [0.2, 0.25) is 0 Å². The van der Waals surface area contributed by atoms with Crippen molar-refractivity contribution < 1.29 is 14.3 Å². The quantitative estimate of drug-likeness (QED) is 0.205. The Morgan fingerprint density at radius 2 is 1.93 bits per heavy atom. The van der Waals surface area contributed by atoms with Crippen LogP contribution in [-0.2, 0) is 19.5 Å². The summed E-state index contributed by atoms with van der Waals surface area (Å²) in [6.07, 6.45) is 4.80. The number of nitrogens with one attached hydrogen (secondary N) is 3. The highest BCUT2D eigenvalue weighted by Crippen LogP contribution is 2.35. The highest BCUT2D eigenvalue weighted by Gasteiger charge is 2.22. The van der Waals surface area contributed by atoms with Gasteiger partial charge in [0.25, 0.3) is 5.91 Å². The first-order valence-electron chi connectivity index (χ1n) is 15.2. The molecule has 2 aromatic carbocycles. The molecule has 232 valence electrons. The fourth-order valence-corrected chi connectivity index (χ4v) is 6.87. The Morgan fingerprint density at radius 3 is 2.71 bits per heavy atom. The molecule has 0 radical (unpaired) electrons. The number of carbonyl (C=O) groups excluding carboxylic acids is 1. The van der Waals surface area contributed by atoms with Crippen molar-refractivity contribution in [3.8, 4) is 17.2 Å². The monoisotopic (exact) mass is 624 g/mol. The third-order valence-electron chi connectivity index (χ3n) is 8.21. The van der Waals surface area contributed by atoms with Gasteiger partial charge in [-0.2, -0.15) is 5.10 Å². The number of hydrogen-bond donors (Lipinski definition) is 3. The molecule has 0 saturated carbocycles. The van der Waals surface area contributed by atoms with E-state index in [1.54, 1.807) is 36.8 Å². The molecule has 3 aromatic heterocycles. The van der Waals surface area contributed by atoms with E-state index in [1.807, 2.05) is 47.1 Å². The number of benzene rings is 2. The number of anilines is 2. The van der Waals surface area contributed by atoms with Crippen LogP contribution in [0.15, 0.2) is 60.8 Å². The predicted molar refractivity (Wildman–Crippen MR) is 176 cm³/mol. The first-order valence-corrected chi connectivity index (χ1v) is 16.1. The second kappa shape index (κ2) is 12.8. The maximum atomic E-state index is 13.0. The molecule has 1 fully saturated rings. The van der Waals surface area contributed by atoms with E-state index in [0.29, 0.717) is 28.7 Å². The Morgan fingerprint density at radius 1 is 1.11 bits per heavy atom. The Labute approximate surface area is 265 Å². The molecule has 2 aliphatic heterocycles. The number of piperidine rings is 1. The van der Waals surface area contributed by atoms with Crippen molar-refractivity contribution >= 4 is 39.2 Å². The van der Waals surface area contributed by atoms with E-state index < -0.39 is 0 Å². The summed E-state index contributed by atoms with van der Waals surface area (Å²) in [5, 5.41) is 16.5. The van der Waals surface area contributed by atoms with Crippen molar-refractivity contribution in [1.82, 2.24) is 30.0 Å². The number of ether oxygens (including phenoxy) is 2. The molecule has 0 bridgehead atoms. The number of rotatable bonds is 9. The molecule has 7 rings (SSSR count). The number of amides is 1. The number of pyridine rings is 1. The number of aromatic nitrogens is 4. The van der Waals surface area contributed by atoms with Crippen LogP contribution >= 0.6 is 11.3 Å². The summed E-state index contributed by atoms with van der Waals surface area (Å²) in [6, 6.07) is 17.2. The molecular formula is C33H36N8O3S. The molecule has 3 N–H and O–H groups in total. The van der Waals surface area contributed by atoms with Crippen molar-refractivity contribution in [1.29, 1.82) is 0 Å². The zero-order valence-corrected chi connectivity index (χ0v) is 26.2. The van der Waals surface area contributed by atoms with Crippen LogP contribution in [-0.4, -0.2) is 70.4 Å². The predicted octanol–water partition coefficient (Wildman–Crippen LogP) is 5.14. The van der Waals surface area contributed by atoms with E-state index in [1.165, 1.54) is 4.88 Å². The highest BCUT2D eigenvalue weighted by atomic mass is 32.1. The van der Waals surface area contributed by atoms with Gasteiger partial charge in [0.1, 0.15) is 22.6 Å². The summed E-state index contributed by atoms with van der Waals surface area (Å²) in [4.78, 5) is 25.9. The molecule has 45 heavy (non-hydrogen) atoms. The normalized spacial score (nSPS) is 16.7. The zero-order chi connectivity index (χ0) is 30.8. The minimum atomic E-state index is -0.195. The summed E-state index contributed by atoms with van der Waals surface area (Å²) in [5.74, 6) is 2.61. The third-order valence-corrected chi connectivity index (χ3v) is 9.21. The van der Waals surface area contributed by atoms with Crippen molar-refractivity contribution in [2.75, 3.05) is 44.4 Å². The van der Waals surface area contributed by atoms with Gasteiger partial charge in [0, 0.05) is 54.8 Å². The Kier molecular flexibility index (Phi) is 8.33. The number of nitrogens with zero attached hydrogens (tertiary/aromatic N) is 5. The van der Waals surface area contributed by atoms with Gasteiger partial charge in [-0.1, -0.05) is 12.1 Å². The van der Waals surface area contributed by atoms with Crippen LogP contribution in [0.4, 0.5) is 10.9 Å². The van der Waals surface area contributed by atoms with Crippen LogP contribution in [0.2, 0.25) is 0 Å². The van der Waals surface area contributed by atoms with E-state index in [9.17, 15) is 4.79 Å². The van der Waals surface area contributed by atoms with Gasteiger partial charge < -0.3 is 25.0 Å². The average molecular weight is 625 g/mol. The number of methoxy groups -OCH3 is 1. The van der Waals surface area contributed by atoms with Gasteiger partial charge in [-0.3, -0.25) is 10.1 Å². The standard InChI is InChI=1S/C33H36N8O3S/c1-40-17-14-26-28(20-40)45-33(37-26)38-32(42)22-7-11-25(12-8-22)44-27-13-16-35-31-29(27)30(36-23-4-3-15-34-18-23)39-41(31)19-21-5-9-24(43-2)10-6-21/h5-13,16,23,34H,3-4,14-15,17-20H2,1-2H3,(H,36,39)(H,37,38,42)/t23-/m1/s1. The highest BCUT2D eigenvalue weighted by molar-refractivity contribution is 7.15. The van der Waals surface area contributed by atoms with Crippen molar-refractivity contribution in [2.24, 2.45) is 0 Å². The Balaban J connectivity index is 1.12. The lowest BCUT2D eigenvalue weighted by Crippen LogP contribution is -2.38. The summed E-state index contributed by atoms with van der Waals surface area (Å²) in [5.41, 5.74) is 3.43.